The normalized spacial score (nSPS) is 20.8. The van der Waals surface area contributed by atoms with Crippen LogP contribution in [0.25, 0.3) is 0 Å². The summed E-state index contributed by atoms with van der Waals surface area (Å²) in [5.41, 5.74) is 2.66. The van der Waals surface area contributed by atoms with Crippen LogP contribution in [0.15, 0.2) is 24.3 Å². The number of aliphatic hydroxyl groups is 1. The second-order valence-electron chi connectivity index (χ2n) is 7.11. The predicted molar refractivity (Wildman–Crippen MR) is 84.7 cm³/mol. The summed E-state index contributed by atoms with van der Waals surface area (Å²) in [6.45, 7) is 8.36. The zero-order chi connectivity index (χ0) is 14.6. The van der Waals surface area contributed by atoms with Gasteiger partial charge < -0.3 is 10.4 Å². The van der Waals surface area contributed by atoms with Gasteiger partial charge in [0, 0.05) is 13.1 Å². The van der Waals surface area contributed by atoms with Crippen LogP contribution in [0, 0.1) is 5.41 Å². The van der Waals surface area contributed by atoms with Gasteiger partial charge in [-0.05, 0) is 48.6 Å². The molecule has 0 heterocycles. The van der Waals surface area contributed by atoms with Crippen LogP contribution in [0.4, 0.5) is 0 Å². The lowest BCUT2D eigenvalue weighted by Gasteiger charge is -2.40. The van der Waals surface area contributed by atoms with E-state index < -0.39 is 5.60 Å². The molecule has 2 nitrogen and oxygen atoms in total. The van der Waals surface area contributed by atoms with Crippen molar-refractivity contribution in [2.45, 2.75) is 65.0 Å². The van der Waals surface area contributed by atoms with E-state index in [-0.39, 0.29) is 0 Å². The molecular formula is C18H29NO. The van der Waals surface area contributed by atoms with Crippen LogP contribution in [0.1, 0.15) is 57.6 Å². The van der Waals surface area contributed by atoms with Crippen molar-refractivity contribution < 1.29 is 5.11 Å². The molecule has 0 unspecified atom stereocenters. The summed E-state index contributed by atoms with van der Waals surface area (Å²) < 4.78 is 0. The molecule has 20 heavy (non-hydrogen) atoms. The molecule has 0 bridgehead atoms. The number of benzene rings is 1. The summed E-state index contributed by atoms with van der Waals surface area (Å²) in [6.07, 6.45) is 5.15. The molecule has 1 aliphatic carbocycles. The van der Waals surface area contributed by atoms with Gasteiger partial charge in [0.2, 0.25) is 0 Å². The molecular weight excluding hydrogens is 246 g/mol. The lowest BCUT2D eigenvalue weighted by atomic mass is 9.71. The van der Waals surface area contributed by atoms with Crippen LogP contribution >= 0.6 is 0 Å². The van der Waals surface area contributed by atoms with Crippen molar-refractivity contribution in [1.29, 1.82) is 0 Å². The second kappa shape index (κ2) is 6.28. The molecule has 2 rings (SSSR count). The number of nitrogens with one attached hydrogen (secondary N) is 1. The Labute approximate surface area is 123 Å². The van der Waals surface area contributed by atoms with Crippen molar-refractivity contribution in [2.24, 2.45) is 5.41 Å². The lowest BCUT2D eigenvalue weighted by Crippen LogP contribution is -2.44. The fraction of sp³-hybridized carbons (Fsp3) is 0.667. The van der Waals surface area contributed by atoms with Crippen LogP contribution in [0.5, 0.6) is 0 Å². The highest BCUT2D eigenvalue weighted by Gasteiger charge is 2.36. The maximum absolute atomic E-state index is 10.6. The average Bonchev–Trinajstić information content (AvgIpc) is 2.43. The Bertz CT molecular complexity index is 429. The molecule has 2 N–H and O–H groups in total. The highest BCUT2D eigenvalue weighted by molar-refractivity contribution is 5.26. The van der Waals surface area contributed by atoms with Crippen LogP contribution in [0.3, 0.4) is 0 Å². The quantitative estimate of drug-likeness (QED) is 0.859. The summed E-state index contributed by atoms with van der Waals surface area (Å²) in [6, 6.07) is 8.56. The van der Waals surface area contributed by atoms with Gasteiger partial charge in [0.15, 0.2) is 0 Å². The van der Waals surface area contributed by atoms with Crippen LogP contribution in [-0.2, 0) is 13.0 Å². The van der Waals surface area contributed by atoms with E-state index in [2.05, 4.69) is 50.4 Å². The largest absolute Gasteiger partial charge is 0.389 e. The van der Waals surface area contributed by atoms with Crippen LogP contribution < -0.4 is 5.32 Å². The Morgan fingerprint density at radius 3 is 2.25 bits per heavy atom. The lowest BCUT2D eigenvalue weighted by molar-refractivity contribution is -0.0245. The van der Waals surface area contributed by atoms with Gasteiger partial charge in [-0.25, -0.2) is 0 Å². The Morgan fingerprint density at radius 1 is 1.05 bits per heavy atom. The number of rotatable bonds is 5. The second-order valence-corrected chi connectivity index (χ2v) is 7.11. The molecule has 1 saturated carbocycles. The van der Waals surface area contributed by atoms with Gasteiger partial charge >= 0.3 is 0 Å². The van der Waals surface area contributed by atoms with Gasteiger partial charge in [0.1, 0.15) is 0 Å². The third-order valence-corrected chi connectivity index (χ3v) is 4.80. The highest BCUT2D eigenvalue weighted by atomic mass is 16.3. The minimum absolute atomic E-state index is 0.404. The highest BCUT2D eigenvalue weighted by Crippen LogP contribution is 2.39. The van der Waals surface area contributed by atoms with Gasteiger partial charge in [-0.1, -0.05) is 45.0 Å². The maximum atomic E-state index is 10.6. The Kier molecular flexibility index (Phi) is 4.87. The SMILES string of the molecule is CCc1ccccc1CNCC1(O)CCC(C)(C)CC1. The monoisotopic (exact) mass is 275 g/mol. The number of aryl methyl sites for hydroxylation is 1. The van der Waals surface area contributed by atoms with E-state index in [0.29, 0.717) is 12.0 Å². The molecule has 1 aromatic carbocycles. The summed E-state index contributed by atoms with van der Waals surface area (Å²) in [5, 5.41) is 14.1. The fourth-order valence-electron chi connectivity index (χ4n) is 3.07. The molecule has 0 saturated heterocycles. The van der Waals surface area contributed by atoms with Crippen molar-refractivity contribution >= 4 is 0 Å². The number of hydrogen-bond acceptors (Lipinski definition) is 2. The van der Waals surface area contributed by atoms with E-state index in [4.69, 9.17) is 0 Å². The van der Waals surface area contributed by atoms with E-state index in [1.54, 1.807) is 0 Å². The van der Waals surface area contributed by atoms with Gasteiger partial charge in [-0.3, -0.25) is 0 Å². The molecule has 0 atom stereocenters. The van der Waals surface area contributed by atoms with E-state index in [1.807, 2.05) is 0 Å². The Morgan fingerprint density at radius 2 is 1.65 bits per heavy atom. The van der Waals surface area contributed by atoms with Crippen molar-refractivity contribution in [3.8, 4) is 0 Å². The van der Waals surface area contributed by atoms with E-state index in [1.165, 1.54) is 11.1 Å². The van der Waals surface area contributed by atoms with Crippen molar-refractivity contribution in [3.63, 3.8) is 0 Å². The summed E-state index contributed by atoms with van der Waals surface area (Å²) in [7, 11) is 0. The average molecular weight is 275 g/mol. The molecule has 1 aliphatic rings. The molecule has 1 aromatic rings. The van der Waals surface area contributed by atoms with Crippen molar-refractivity contribution in [1.82, 2.24) is 5.32 Å². The number of hydrogen-bond donors (Lipinski definition) is 2. The summed E-state index contributed by atoms with van der Waals surface area (Å²) in [5.74, 6) is 0. The van der Waals surface area contributed by atoms with Gasteiger partial charge in [0.25, 0.3) is 0 Å². The molecule has 0 amide bonds. The Hall–Kier alpha value is -0.860. The first-order chi connectivity index (χ1) is 9.44. The maximum Gasteiger partial charge on any atom is 0.0772 e. The Balaban J connectivity index is 1.84. The van der Waals surface area contributed by atoms with Crippen molar-refractivity contribution in [2.75, 3.05) is 6.54 Å². The van der Waals surface area contributed by atoms with Gasteiger partial charge in [0.05, 0.1) is 5.60 Å². The minimum atomic E-state index is -0.503. The van der Waals surface area contributed by atoms with Crippen molar-refractivity contribution in [3.05, 3.63) is 35.4 Å². The van der Waals surface area contributed by atoms with Gasteiger partial charge in [-0.15, -0.1) is 0 Å². The minimum Gasteiger partial charge on any atom is -0.389 e. The molecule has 0 aliphatic heterocycles. The van der Waals surface area contributed by atoms with E-state index in [0.717, 1.165) is 38.6 Å². The molecule has 0 aromatic heterocycles. The summed E-state index contributed by atoms with van der Waals surface area (Å²) in [4.78, 5) is 0. The smallest absolute Gasteiger partial charge is 0.0772 e. The topological polar surface area (TPSA) is 32.3 Å². The van der Waals surface area contributed by atoms with E-state index in [9.17, 15) is 5.11 Å². The van der Waals surface area contributed by atoms with Crippen LogP contribution in [0.2, 0.25) is 0 Å². The standard InChI is InChI=1S/C18H29NO/c1-4-15-7-5-6-8-16(15)13-19-14-18(20)11-9-17(2,3)10-12-18/h5-8,19-20H,4,9-14H2,1-3H3. The van der Waals surface area contributed by atoms with Gasteiger partial charge in [-0.2, -0.15) is 0 Å². The first kappa shape index (κ1) is 15.5. The molecule has 1 fully saturated rings. The zero-order valence-corrected chi connectivity index (χ0v) is 13.2. The first-order valence-electron chi connectivity index (χ1n) is 7.94. The molecule has 0 spiro atoms. The molecule has 112 valence electrons. The summed E-state index contributed by atoms with van der Waals surface area (Å²) >= 11 is 0. The molecule has 2 heteroatoms. The first-order valence-corrected chi connectivity index (χ1v) is 7.94. The predicted octanol–water partition coefficient (Wildman–Crippen LogP) is 3.67. The third kappa shape index (κ3) is 4.07. The van der Waals surface area contributed by atoms with E-state index >= 15 is 0 Å². The zero-order valence-electron chi connectivity index (χ0n) is 13.2. The molecule has 0 radical (unpaired) electrons. The van der Waals surface area contributed by atoms with Crippen LogP contribution in [-0.4, -0.2) is 17.3 Å². The fourth-order valence-corrected chi connectivity index (χ4v) is 3.07. The third-order valence-electron chi connectivity index (χ3n) is 4.80.